The minimum absolute atomic E-state index is 0.463. The van der Waals surface area contributed by atoms with E-state index in [2.05, 4.69) is 15.5 Å². The number of guanidine groups is 1. The second-order valence-electron chi connectivity index (χ2n) is 4.77. The number of hydrogen-bond donors (Lipinski definition) is 1. The van der Waals surface area contributed by atoms with Gasteiger partial charge in [0.2, 0.25) is 0 Å². The van der Waals surface area contributed by atoms with Gasteiger partial charge in [-0.15, -0.1) is 0 Å². The van der Waals surface area contributed by atoms with Crippen LogP contribution in [0, 0.1) is 0 Å². The number of aromatic nitrogens is 1. The fourth-order valence-electron chi connectivity index (χ4n) is 1.93. The van der Waals surface area contributed by atoms with E-state index in [1.54, 1.807) is 12.1 Å². The van der Waals surface area contributed by atoms with Crippen molar-refractivity contribution in [1.82, 2.24) is 15.4 Å². The van der Waals surface area contributed by atoms with Gasteiger partial charge < -0.3 is 14.7 Å². The third-order valence-electron chi connectivity index (χ3n) is 2.98. The smallest absolute Gasteiger partial charge is 0.194 e. The zero-order valence-electron chi connectivity index (χ0n) is 12.5. The van der Waals surface area contributed by atoms with Crippen LogP contribution in [0.2, 0.25) is 10.0 Å². The maximum absolute atomic E-state index is 6.05. The first-order valence-corrected chi connectivity index (χ1v) is 7.68. The fourth-order valence-corrected chi connectivity index (χ4v) is 2.25. The first-order valence-electron chi connectivity index (χ1n) is 6.92. The number of benzene rings is 1. The maximum atomic E-state index is 6.05. The van der Waals surface area contributed by atoms with Crippen molar-refractivity contribution >= 4 is 29.2 Å². The summed E-state index contributed by atoms with van der Waals surface area (Å²) in [6, 6.07) is 7.41. The third kappa shape index (κ3) is 4.64. The van der Waals surface area contributed by atoms with E-state index in [4.69, 9.17) is 27.7 Å². The second-order valence-corrected chi connectivity index (χ2v) is 5.58. The highest BCUT2D eigenvalue weighted by molar-refractivity contribution is 6.42. The van der Waals surface area contributed by atoms with Crippen LogP contribution >= 0.6 is 23.2 Å². The molecule has 0 amide bonds. The van der Waals surface area contributed by atoms with Gasteiger partial charge in [-0.2, -0.15) is 0 Å². The fraction of sp³-hybridized carbons (Fsp3) is 0.333. The summed E-state index contributed by atoms with van der Waals surface area (Å²) in [6.07, 6.45) is 1.54. The summed E-state index contributed by atoms with van der Waals surface area (Å²) in [5, 5.41) is 8.21. The molecule has 0 spiro atoms. The van der Waals surface area contributed by atoms with E-state index in [9.17, 15) is 0 Å². The Labute approximate surface area is 139 Å². The van der Waals surface area contributed by atoms with Gasteiger partial charge in [-0.25, -0.2) is 4.99 Å². The Morgan fingerprint density at radius 2 is 2.14 bits per heavy atom. The number of nitrogens with zero attached hydrogens (tertiary/aromatic N) is 3. The summed E-state index contributed by atoms with van der Waals surface area (Å²) in [6.45, 7) is 3.94. The highest BCUT2D eigenvalue weighted by Gasteiger charge is 2.08. The van der Waals surface area contributed by atoms with E-state index in [0.29, 0.717) is 23.1 Å². The predicted molar refractivity (Wildman–Crippen MR) is 89.2 cm³/mol. The monoisotopic (exact) mass is 340 g/mol. The zero-order chi connectivity index (χ0) is 15.9. The van der Waals surface area contributed by atoms with Crippen LogP contribution in [0.3, 0.4) is 0 Å². The molecule has 0 atom stereocenters. The number of hydrogen-bond acceptors (Lipinski definition) is 3. The van der Waals surface area contributed by atoms with Crippen molar-refractivity contribution in [3.05, 3.63) is 51.8 Å². The van der Waals surface area contributed by atoms with Gasteiger partial charge in [0.25, 0.3) is 0 Å². The van der Waals surface area contributed by atoms with Crippen molar-refractivity contribution < 1.29 is 4.52 Å². The molecule has 1 N–H and O–H groups in total. The first-order chi connectivity index (χ1) is 10.6. The Morgan fingerprint density at radius 1 is 1.32 bits per heavy atom. The van der Waals surface area contributed by atoms with E-state index in [-0.39, 0.29) is 0 Å². The molecular weight excluding hydrogens is 323 g/mol. The number of rotatable bonds is 5. The molecule has 0 bridgehead atoms. The molecular formula is C15H18Cl2N4O. The molecule has 0 aliphatic rings. The lowest BCUT2D eigenvalue weighted by molar-refractivity contribution is 0.411. The van der Waals surface area contributed by atoms with Crippen LogP contribution in [0.25, 0.3) is 0 Å². The van der Waals surface area contributed by atoms with Crippen molar-refractivity contribution in [3.8, 4) is 0 Å². The van der Waals surface area contributed by atoms with E-state index >= 15 is 0 Å². The van der Waals surface area contributed by atoms with Gasteiger partial charge in [0.15, 0.2) is 5.96 Å². The average Bonchev–Trinajstić information content (AvgIpc) is 3.00. The summed E-state index contributed by atoms with van der Waals surface area (Å²) >= 11 is 12.0. The third-order valence-corrected chi connectivity index (χ3v) is 3.72. The van der Waals surface area contributed by atoms with E-state index in [1.807, 2.05) is 31.0 Å². The number of aliphatic imine (C=N–C) groups is 1. The van der Waals surface area contributed by atoms with Gasteiger partial charge >= 0.3 is 0 Å². The van der Waals surface area contributed by atoms with Crippen LogP contribution in [0.1, 0.15) is 18.2 Å². The Kier molecular flexibility index (Phi) is 6.10. The Bertz CT molecular complexity index is 628. The Hall–Kier alpha value is -1.72. The molecule has 0 aliphatic heterocycles. The predicted octanol–water partition coefficient (Wildman–Crippen LogP) is 3.58. The highest BCUT2D eigenvalue weighted by Crippen LogP contribution is 2.23. The summed E-state index contributed by atoms with van der Waals surface area (Å²) in [5.74, 6) is 0.788. The molecule has 0 fully saturated rings. The summed E-state index contributed by atoms with van der Waals surface area (Å²) in [5.41, 5.74) is 1.85. The molecule has 0 radical (unpaired) electrons. The topological polar surface area (TPSA) is 53.7 Å². The van der Waals surface area contributed by atoms with E-state index < -0.39 is 0 Å². The van der Waals surface area contributed by atoms with E-state index in [1.165, 1.54) is 6.26 Å². The maximum Gasteiger partial charge on any atom is 0.194 e. The number of nitrogens with one attached hydrogen (secondary N) is 1. The molecule has 0 aliphatic carbocycles. The second kappa shape index (κ2) is 8.06. The highest BCUT2D eigenvalue weighted by atomic mass is 35.5. The first kappa shape index (κ1) is 16.6. The molecule has 2 rings (SSSR count). The minimum atomic E-state index is 0.463. The molecule has 0 saturated carbocycles. The molecule has 5 nitrogen and oxygen atoms in total. The lowest BCUT2D eigenvalue weighted by Gasteiger charge is -2.22. The summed E-state index contributed by atoms with van der Waals surface area (Å²) in [7, 11) is 1.97. The van der Waals surface area contributed by atoms with Crippen LogP contribution < -0.4 is 5.32 Å². The van der Waals surface area contributed by atoms with Crippen molar-refractivity contribution in [3.63, 3.8) is 0 Å². The van der Waals surface area contributed by atoms with Crippen LogP contribution in [0.5, 0.6) is 0 Å². The zero-order valence-corrected chi connectivity index (χ0v) is 14.0. The molecule has 1 heterocycles. The minimum Gasteiger partial charge on any atom is -0.364 e. The van der Waals surface area contributed by atoms with Crippen molar-refractivity contribution in [2.45, 2.75) is 20.0 Å². The molecule has 7 heteroatoms. The average molecular weight is 341 g/mol. The SMILES string of the molecule is CCNC(=NCc1ccon1)N(C)Cc1ccc(Cl)c(Cl)c1. The van der Waals surface area contributed by atoms with Gasteiger partial charge in [-0.3, -0.25) is 0 Å². The molecule has 1 aromatic heterocycles. The van der Waals surface area contributed by atoms with Crippen LogP contribution in [0.15, 0.2) is 40.0 Å². The number of halogens is 2. The van der Waals surface area contributed by atoms with Gasteiger partial charge in [0.1, 0.15) is 12.0 Å². The standard InChI is InChI=1S/C15H18Cl2N4O/c1-3-18-15(19-9-12-6-7-22-20-12)21(2)10-11-4-5-13(16)14(17)8-11/h4-8H,3,9-10H2,1-2H3,(H,18,19). The molecule has 0 saturated heterocycles. The molecule has 0 unspecified atom stereocenters. The normalized spacial score (nSPS) is 11.5. The van der Waals surface area contributed by atoms with Crippen LogP contribution in [0.4, 0.5) is 0 Å². The van der Waals surface area contributed by atoms with Crippen molar-refractivity contribution in [1.29, 1.82) is 0 Å². The van der Waals surface area contributed by atoms with Crippen LogP contribution in [-0.2, 0) is 13.1 Å². The lowest BCUT2D eigenvalue weighted by Crippen LogP contribution is -2.38. The van der Waals surface area contributed by atoms with Gasteiger partial charge in [-0.1, -0.05) is 34.4 Å². The summed E-state index contributed by atoms with van der Waals surface area (Å²) in [4.78, 5) is 6.56. The van der Waals surface area contributed by atoms with Crippen LogP contribution in [-0.4, -0.2) is 29.6 Å². The van der Waals surface area contributed by atoms with Crippen molar-refractivity contribution in [2.75, 3.05) is 13.6 Å². The van der Waals surface area contributed by atoms with E-state index in [0.717, 1.165) is 23.8 Å². The molecule has 1 aromatic carbocycles. The molecule has 2 aromatic rings. The van der Waals surface area contributed by atoms with Gasteiger partial charge in [0, 0.05) is 26.2 Å². The Balaban J connectivity index is 2.06. The van der Waals surface area contributed by atoms with Gasteiger partial charge in [-0.05, 0) is 24.6 Å². The quantitative estimate of drug-likeness (QED) is 0.667. The van der Waals surface area contributed by atoms with Crippen molar-refractivity contribution in [2.24, 2.45) is 4.99 Å². The Morgan fingerprint density at radius 3 is 2.77 bits per heavy atom. The largest absolute Gasteiger partial charge is 0.364 e. The van der Waals surface area contributed by atoms with Gasteiger partial charge in [0.05, 0.1) is 16.6 Å². The lowest BCUT2D eigenvalue weighted by atomic mass is 10.2. The molecule has 118 valence electrons. The summed E-state index contributed by atoms with van der Waals surface area (Å²) < 4.78 is 4.81. The molecule has 22 heavy (non-hydrogen) atoms.